The molecular formula is C26H40N6O4. The molecule has 2 N–H and O–H groups in total. The second kappa shape index (κ2) is 13.5. The molecule has 4 amide bonds. The standard InChI is InChI=1S/C17H21N3O3.C9H19N3O/c1-13(21)19-11-9-18(10-12-19)7-4-8-20-16(22)14-5-2-3-6-15(14)17(20)23;1-9(13)12-7-5-11(6-8-12)4-2-3-10/h2-3,5-6H,4,7-12H2,1H3;2-8,10H2,1H3. The summed E-state index contributed by atoms with van der Waals surface area (Å²) in [4.78, 5) is 56.6. The first kappa shape index (κ1) is 27.8. The lowest BCUT2D eigenvalue weighted by atomic mass is 10.1. The van der Waals surface area contributed by atoms with Gasteiger partial charge < -0.3 is 15.5 Å². The zero-order valence-corrected chi connectivity index (χ0v) is 21.7. The van der Waals surface area contributed by atoms with E-state index in [4.69, 9.17) is 5.73 Å². The van der Waals surface area contributed by atoms with E-state index >= 15 is 0 Å². The monoisotopic (exact) mass is 500 g/mol. The van der Waals surface area contributed by atoms with Gasteiger partial charge in [0, 0.05) is 72.8 Å². The van der Waals surface area contributed by atoms with Crippen molar-refractivity contribution in [3.05, 3.63) is 35.4 Å². The van der Waals surface area contributed by atoms with Crippen LogP contribution in [0, 0.1) is 0 Å². The van der Waals surface area contributed by atoms with Crippen molar-refractivity contribution >= 4 is 23.6 Å². The lowest BCUT2D eigenvalue weighted by Gasteiger charge is -2.34. The Morgan fingerprint density at radius 1 is 0.694 bits per heavy atom. The molecular weight excluding hydrogens is 460 g/mol. The Kier molecular flexibility index (Phi) is 10.4. The minimum absolute atomic E-state index is 0.121. The highest BCUT2D eigenvalue weighted by Gasteiger charge is 2.34. The number of hydrogen-bond donors (Lipinski definition) is 1. The summed E-state index contributed by atoms with van der Waals surface area (Å²) < 4.78 is 0. The fourth-order valence-corrected chi connectivity index (χ4v) is 4.78. The smallest absolute Gasteiger partial charge is 0.261 e. The van der Waals surface area contributed by atoms with Crippen molar-refractivity contribution in [1.29, 1.82) is 0 Å². The van der Waals surface area contributed by atoms with Gasteiger partial charge in [-0.05, 0) is 44.6 Å². The van der Waals surface area contributed by atoms with Crippen molar-refractivity contribution < 1.29 is 19.2 Å². The molecule has 0 aliphatic carbocycles. The molecule has 0 aromatic heterocycles. The van der Waals surface area contributed by atoms with Crippen LogP contribution in [0.15, 0.2) is 24.3 Å². The third-order valence-electron chi connectivity index (χ3n) is 7.05. The average molecular weight is 501 g/mol. The Morgan fingerprint density at radius 2 is 1.11 bits per heavy atom. The van der Waals surface area contributed by atoms with E-state index in [1.54, 1.807) is 38.1 Å². The van der Waals surface area contributed by atoms with Gasteiger partial charge in [0.25, 0.3) is 11.8 Å². The molecule has 198 valence electrons. The molecule has 4 rings (SSSR count). The topological polar surface area (TPSA) is 110 Å². The number of fused-ring (bicyclic) bond motifs is 1. The van der Waals surface area contributed by atoms with Gasteiger partial charge in [0.15, 0.2) is 0 Å². The van der Waals surface area contributed by atoms with E-state index in [9.17, 15) is 19.2 Å². The van der Waals surface area contributed by atoms with Gasteiger partial charge in [-0.3, -0.25) is 33.9 Å². The SMILES string of the molecule is CC(=O)N1CCN(CCCN)CC1.CC(=O)N1CCN(CCCN2C(=O)c3ccccc3C2=O)CC1. The third kappa shape index (κ3) is 7.35. The van der Waals surface area contributed by atoms with E-state index in [0.717, 1.165) is 84.8 Å². The summed E-state index contributed by atoms with van der Waals surface area (Å²) in [5, 5.41) is 0. The molecule has 0 unspecified atom stereocenters. The third-order valence-corrected chi connectivity index (χ3v) is 7.05. The number of rotatable bonds is 7. The number of carbonyl (C=O) groups is 4. The number of nitrogens with zero attached hydrogens (tertiary/aromatic N) is 5. The molecule has 1 aromatic carbocycles. The molecule has 10 nitrogen and oxygen atoms in total. The average Bonchev–Trinajstić information content (AvgIpc) is 3.13. The Bertz CT molecular complexity index is 888. The number of nitrogens with two attached hydrogens (primary N) is 1. The Morgan fingerprint density at radius 3 is 1.50 bits per heavy atom. The van der Waals surface area contributed by atoms with E-state index in [-0.39, 0.29) is 23.6 Å². The van der Waals surface area contributed by atoms with Crippen LogP contribution in [0.25, 0.3) is 0 Å². The zero-order chi connectivity index (χ0) is 26.1. The highest BCUT2D eigenvalue weighted by molar-refractivity contribution is 6.21. The molecule has 0 spiro atoms. The summed E-state index contributed by atoms with van der Waals surface area (Å²) >= 11 is 0. The Balaban J connectivity index is 0.000000236. The van der Waals surface area contributed by atoms with Crippen molar-refractivity contribution in [2.75, 3.05) is 78.5 Å². The van der Waals surface area contributed by atoms with Crippen molar-refractivity contribution in [1.82, 2.24) is 24.5 Å². The fraction of sp³-hybridized carbons (Fsp3) is 0.615. The van der Waals surface area contributed by atoms with Gasteiger partial charge >= 0.3 is 0 Å². The maximum Gasteiger partial charge on any atom is 0.261 e. The highest BCUT2D eigenvalue weighted by atomic mass is 16.2. The van der Waals surface area contributed by atoms with Gasteiger partial charge in [0.2, 0.25) is 11.8 Å². The maximum absolute atomic E-state index is 12.3. The van der Waals surface area contributed by atoms with E-state index < -0.39 is 0 Å². The molecule has 0 radical (unpaired) electrons. The van der Waals surface area contributed by atoms with E-state index in [1.165, 1.54) is 4.90 Å². The molecule has 3 heterocycles. The van der Waals surface area contributed by atoms with Crippen LogP contribution >= 0.6 is 0 Å². The van der Waals surface area contributed by atoms with Crippen LogP contribution in [0.5, 0.6) is 0 Å². The fourth-order valence-electron chi connectivity index (χ4n) is 4.78. The minimum atomic E-state index is -0.188. The summed E-state index contributed by atoms with van der Waals surface area (Å²) in [7, 11) is 0. The molecule has 2 fully saturated rings. The van der Waals surface area contributed by atoms with Gasteiger partial charge in [0.1, 0.15) is 0 Å². The van der Waals surface area contributed by atoms with Crippen LogP contribution in [0.1, 0.15) is 47.4 Å². The predicted octanol–water partition coefficient (Wildman–Crippen LogP) is 0.336. The van der Waals surface area contributed by atoms with Crippen molar-refractivity contribution in [2.45, 2.75) is 26.7 Å². The van der Waals surface area contributed by atoms with Crippen molar-refractivity contribution in [3.8, 4) is 0 Å². The first-order valence-corrected chi connectivity index (χ1v) is 12.9. The molecule has 1 aromatic rings. The van der Waals surface area contributed by atoms with Crippen molar-refractivity contribution in [3.63, 3.8) is 0 Å². The summed E-state index contributed by atoms with van der Waals surface area (Å²) in [5.74, 6) is -0.0619. The largest absolute Gasteiger partial charge is 0.340 e. The highest BCUT2D eigenvalue weighted by Crippen LogP contribution is 2.22. The van der Waals surface area contributed by atoms with E-state index in [0.29, 0.717) is 17.7 Å². The summed E-state index contributed by atoms with van der Waals surface area (Å²) in [6.45, 7) is 13.3. The van der Waals surface area contributed by atoms with Crippen LogP contribution in [0.4, 0.5) is 0 Å². The first-order chi connectivity index (χ1) is 17.3. The normalized spacial score (nSPS) is 18.7. The predicted molar refractivity (Wildman–Crippen MR) is 137 cm³/mol. The second-order valence-corrected chi connectivity index (χ2v) is 9.50. The van der Waals surface area contributed by atoms with Crippen LogP contribution in [-0.2, 0) is 9.59 Å². The summed E-state index contributed by atoms with van der Waals surface area (Å²) in [5.41, 5.74) is 6.44. The van der Waals surface area contributed by atoms with Crippen LogP contribution in [0.3, 0.4) is 0 Å². The van der Waals surface area contributed by atoms with Crippen molar-refractivity contribution in [2.24, 2.45) is 5.73 Å². The van der Waals surface area contributed by atoms with Crippen LogP contribution < -0.4 is 5.73 Å². The Labute approximate surface area is 214 Å². The molecule has 3 aliphatic heterocycles. The van der Waals surface area contributed by atoms with Gasteiger partial charge in [0.05, 0.1) is 11.1 Å². The van der Waals surface area contributed by atoms with E-state index in [1.807, 2.05) is 9.80 Å². The number of amides is 4. The van der Waals surface area contributed by atoms with Gasteiger partial charge in [-0.25, -0.2) is 0 Å². The Hall–Kier alpha value is -2.82. The summed E-state index contributed by atoms with van der Waals surface area (Å²) in [6.07, 6.45) is 1.81. The zero-order valence-electron chi connectivity index (χ0n) is 21.7. The molecule has 36 heavy (non-hydrogen) atoms. The molecule has 0 atom stereocenters. The van der Waals surface area contributed by atoms with Gasteiger partial charge in [-0.1, -0.05) is 12.1 Å². The second-order valence-electron chi connectivity index (χ2n) is 9.50. The molecule has 2 saturated heterocycles. The number of piperazine rings is 2. The number of hydrogen-bond acceptors (Lipinski definition) is 7. The first-order valence-electron chi connectivity index (χ1n) is 12.9. The van der Waals surface area contributed by atoms with Gasteiger partial charge in [-0.2, -0.15) is 0 Å². The molecule has 3 aliphatic rings. The van der Waals surface area contributed by atoms with Crippen LogP contribution in [0.2, 0.25) is 0 Å². The lowest BCUT2D eigenvalue weighted by Crippen LogP contribution is -2.48. The van der Waals surface area contributed by atoms with Crippen LogP contribution in [-0.4, -0.2) is 127 Å². The number of carbonyl (C=O) groups excluding carboxylic acids is 4. The summed E-state index contributed by atoms with van der Waals surface area (Å²) in [6, 6.07) is 6.97. The maximum atomic E-state index is 12.3. The minimum Gasteiger partial charge on any atom is -0.340 e. The number of imide groups is 1. The number of benzene rings is 1. The molecule has 0 bridgehead atoms. The molecule has 0 saturated carbocycles. The van der Waals surface area contributed by atoms with E-state index in [2.05, 4.69) is 9.80 Å². The molecule has 10 heteroatoms. The van der Waals surface area contributed by atoms with Gasteiger partial charge in [-0.15, -0.1) is 0 Å². The lowest BCUT2D eigenvalue weighted by molar-refractivity contribution is -0.131. The quantitative estimate of drug-likeness (QED) is 0.538.